The number of carbonyl (C=O) groups excluding carboxylic acids is 1. The Hall–Kier alpha value is -1.35. The van der Waals surface area contributed by atoms with Gasteiger partial charge in [-0.2, -0.15) is 0 Å². The summed E-state index contributed by atoms with van der Waals surface area (Å²) in [5, 5.41) is 0. The molecule has 1 unspecified atom stereocenters. The average Bonchev–Trinajstić information content (AvgIpc) is 3.01. The highest BCUT2D eigenvalue weighted by Crippen LogP contribution is 2.33. The maximum Gasteiger partial charge on any atom is 0.227 e. The number of amides is 1. The van der Waals surface area contributed by atoms with Gasteiger partial charge in [-0.25, -0.2) is 0 Å². The molecule has 2 aliphatic rings. The normalized spacial score (nSPS) is 20.7. The Kier molecular flexibility index (Phi) is 4.29. The zero-order chi connectivity index (χ0) is 14.8. The van der Waals surface area contributed by atoms with E-state index in [1.165, 1.54) is 43.2 Å². The summed E-state index contributed by atoms with van der Waals surface area (Å²) in [4.78, 5) is 13.5. The van der Waals surface area contributed by atoms with Crippen LogP contribution in [0.4, 0.5) is 5.69 Å². The number of fused-ring (bicyclic) bond motifs is 1. The van der Waals surface area contributed by atoms with E-state index >= 15 is 0 Å². The first-order chi connectivity index (χ1) is 10.1. The van der Waals surface area contributed by atoms with E-state index in [2.05, 4.69) is 18.2 Å². The number of benzene rings is 1. The van der Waals surface area contributed by atoms with Crippen LogP contribution in [-0.4, -0.2) is 13.0 Å². The van der Waals surface area contributed by atoms with Gasteiger partial charge in [0.25, 0.3) is 0 Å². The molecule has 1 aromatic rings. The maximum atomic E-state index is 11.7. The third-order valence-electron chi connectivity index (χ3n) is 5.24. The van der Waals surface area contributed by atoms with Crippen molar-refractivity contribution in [3.63, 3.8) is 0 Å². The van der Waals surface area contributed by atoms with Gasteiger partial charge in [0.2, 0.25) is 5.91 Å². The molecule has 1 fully saturated rings. The molecule has 1 atom stereocenters. The molecule has 0 saturated heterocycles. The van der Waals surface area contributed by atoms with Crippen LogP contribution in [0.5, 0.6) is 0 Å². The van der Waals surface area contributed by atoms with Crippen molar-refractivity contribution in [3.05, 3.63) is 29.3 Å². The lowest BCUT2D eigenvalue weighted by atomic mass is 9.92. The van der Waals surface area contributed by atoms with Crippen LogP contribution >= 0.6 is 0 Å². The number of rotatable bonds is 4. The van der Waals surface area contributed by atoms with Crippen LogP contribution in [0.1, 0.15) is 62.1 Å². The molecule has 1 heterocycles. The predicted molar refractivity (Wildman–Crippen MR) is 86.3 cm³/mol. The lowest BCUT2D eigenvalue weighted by Crippen LogP contribution is -2.31. The SMILES string of the molecule is CN1C(=O)CCc2cc(C(N)CCC3CCCC3)ccc21. The second kappa shape index (κ2) is 6.18. The molecular weight excluding hydrogens is 260 g/mol. The Labute approximate surface area is 127 Å². The van der Waals surface area contributed by atoms with Crippen LogP contribution in [0.15, 0.2) is 18.2 Å². The Bertz CT molecular complexity index is 520. The second-order valence-electron chi connectivity index (χ2n) is 6.68. The van der Waals surface area contributed by atoms with Gasteiger partial charge in [-0.3, -0.25) is 4.79 Å². The van der Waals surface area contributed by atoms with Gasteiger partial charge >= 0.3 is 0 Å². The fourth-order valence-corrected chi connectivity index (χ4v) is 3.79. The molecule has 1 saturated carbocycles. The number of nitrogens with two attached hydrogens (primary N) is 1. The van der Waals surface area contributed by atoms with E-state index in [1.807, 2.05) is 7.05 Å². The third-order valence-corrected chi connectivity index (χ3v) is 5.24. The topological polar surface area (TPSA) is 46.3 Å². The molecule has 114 valence electrons. The van der Waals surface area contributed by atoms with E-state index < -0.39 is 0 Å². The Balaban J connectivity index is 1.66. The highest BCUT2D eigenvalue weighted by Gasteiger charge is 2.22. The van der Waals surface area contributed by atoms with Crippen LogP contribution in [0.25, 0.3) is 0 Å². The number of nitrogens with zero attached hydrogens (tertiary/aromatic N) is 1. The number of anilines is 1. The fourth-order valence-electron chi connectivity index (χ4n) is 3.79. The highest BCUT2D eigenvalue weighted by atomic mass is 16.2. The Morgan fingerprint density at radius 3 is 2.81 bits per heavy atom. The molecular formula is C18H26N2O. The summed E-state index contributed by atoms with van der Waals surface area (Å²) in [6, 6.07) is 6.53. The van der Waals surface area contributed by atoms with Crippen molar-refractivity contribution >= 4 is 11.6 Å². The quantitative estimate of drug-likeness (QED) is 0.919. The predicted octanol–water partition coefficient (Wildman–Crippen LogP) is 3.57. The molecule has 0 spiro atoms. The van der Waals surface area contributed by atoms with Gasteiger partial charge in [-0.1, -0.05) is 37.8 Å². The minimum absolute atomic E-state index is 0.138. The van der Waals surface area contributed by atoms with E-state index in [0.717, 1.165) is 24.4 Å². The maximum absolute atomic E-state index is 11.7. The largest absolute Gasteiger partial charge is 0.324 e. The smallest absolute Gasteiger partial charge is 0.227 e. The molecule has 3 rings (SSSR count). The minimum Gasteiger partial charge on any atom is -0.324 e. The Morgan fingerprint density at radius 2 is 2.05 bits per heavy atom. The van der Waals surface area contributed by atoms with E-state index in [0.29, 0.717) is 6.42 Å². The summed E-state index contributed by atoms with van der Waals surface area (Å²) >= 11 is 0. The van der Waals surface area contributed by atoms with Crippen LogP contribution in [-0.2, 0) is 11.2 Å². The molecule has 1 aliphatic carbocycles. The molecule has 0 aromatic heterocycles. The fraction of sp³-hybridized carbons (Fsp3) is 0.611. The van der Waals surface area contributed by atoms with Crippen LogP contribution in [0.3, 0.4) is 0 Å². The molecule has 0 bridgehead atoms. The van der Waals surface area contributed by atoms with E-state index in [9.17, 15) is 4.79 Å². The zero-order valence-electron chi connectivity index (χ0n) is 13.0. The second-order valence-corrected chi connectivity index (χ2v) is 6.68. The van der Waals surface area contributed by atoms with Gasteiger partial charge in [0.1, 0.15) is 0 Å². The molecule has 21 heavy (non-hydrogen) atoms. The van der Waals surface area contributed by atoms with E-state index in [1.54, 1.807) is 4.90 Å². The van der Waals surface area contributed by atoms with Crippen molar-refractivity contribution in [3.8, 4) is 0 Å². The summed E-state index contributed by atoms with van der Waals surface area (Å²) in [6.07, 6.45) is 9.40. The van der Waals surface area contributed by atoms with Crippen LogP contribution < -0.4 is 10.6 Å². The van der Waals surface area contributed by atoms with Gasteiger partial charge in [-0.15, -0.1) is 0 Å². The summed E-state index contributed by atoms with van der Waals surface area (Å²) in [5.41, 5.74) is 9.94. The van der Waals surface area contributed by atoms with Crippen molar-refractivity contribution in [2.45, 2.75) is 57.4 Å². The van der Waals surface area contributed by atoms with Gasteiger partial charge in [0.15, 0.2) is 0 Å². The van der Waals surface area contributed by atoms with Crippen molar-refractivity contribution in [2.24, 2.45) is 11.7 Å². The number of hydrogen-bond acceptors (Lipinski definition) is 2. The average molecular weight is 286 g/mol. The highest BCUT2D eigenvalue weighted by molar-refractivity contribution is 5.95. The number of hydrogen-bond donors (Lipinski definition) is 1. The standard InChI is InChI=1S/C18H26N2O/c1-20-17-10-7-14(12-15(17)8-11-18(20)21)16(19)9-6-13-4-2-3-5-13/h7,10,12-13,16H,2-6,8-9,11,19H2,1H3. The monoisotopic (exact) mass is 286 g/mol. The number of carbonyl (C=O) groups is 1. The van der Waals surface area contributed by atoms with Crippen molar-refractivity contribution in [1.82, 2.24) is 0 Å². The van der Waals surface area contributed by atoms with Crippen LogP contribution in [0, 0.1) is 5.92 Å². The first-order valence-electron chi connectivity index (χ1n) is 8.30. The molecule has 1 aliphatic heterocycles. The van der Waals surface area contributed by atoms with Crippen molar-refractivity contribution < 1.29 is 4.79 Å². The summed E-state index contributed by atoms with van der Waals surface area (Å²) < 4.78 is 0. The first kappa shape index (κ1) is 14.6. The summed E-state index contributed by atoms with van der Waals surface area (Å²) in [7, 11) is 1.86. The summed E-state index contributed by atoms with van der Waals surface area (Å²) in [5.74, 6) is 1.11. The van der Waals surface area contributed by atoms with Crippen molar-refractivity contribution in [1.29, 1.82) is 0 Å². The first-order valence-corrected chi connectivity index (χ1v) is 8.30. The lowest BCUT2D eigenvalue weighted by Gasteiger charge is -2.27. The molecule has 1 amide bonds. The zero-order valence-corrected chi connectivity index (χ0v) is 13.0. The molecule has 2 N–H and O–H groups in total. The molecule has 1 aromatic carbocycles. The third kappa shape index (κ3) is 3.13. The molecule has 3 nitrogen and oxygen atoms in total. The van der Waals surface area contributed by atoms with E-state index in [-0.39, 0.29) is 11.9 Å². The lowest BCUT2D eigenvalue weighted by molar-refractivity contribution is -0.118. The molecule has 3 heteroatoms. The van der Waals surface area contributed by atoms with Gasteiger partial charge in [-0.05, 0) is 42.4 Å². The minimum atomic E-state index is 0.138. The van der Waals surface area contributed by atoms with Crippen LogP contribution in [0.2, 0.25) is 0 Å². The summed E-state index contributed by atoms with van der Waals surface area (Å²) in [6.45, 7) is 0. The van der Waals surface area contributed by atoms with Gasteiger partial charge < -0.3 is 10.6 Å². The number of aryl methyl sites for hydroxylation is 1. The van der Waals surface area contributed by atoms with Gasteiger partial charge in [0, 0.05) is 25.2 Å². The van der Waals surface area contributed by atoms with Crippen molar-refractivity contribution in [2.75, 3.05) is 11.9 Å². The van der Waals surface area contributed by atoms with Gasteiger partial charge in [0.05, 0.1) is 0 Å². The molecule has 0 radical (unpaired) electrons. The van der Waals surface area contributed by atoms with E-state index in [4.69, 9.17) is 5.73 Å². The Morgan fingerprint density at radius 1 is 1.29 bits per heavy atom.